The number of ether oxygens (including phenoxy) is 4. The zero-order valence-corrected chi connectivity index (χ0v) is 22.6. The molecule has 0 fully saturated rings. The van der Waals surface area contributed by atoms with Crippen molar-refractivity contribution in [3.8, 4) is 11.5 Å². The number of phenolic OH excluding ortho intramolecular Hbond substituents is 1. The normalized spacial score (nSPS) is 31.4. The topological polar surface area (TPSA) is 138 Å². The lowest BCUT2D eigenvalue weighted by atomic mass is 9.88. The fourth-order valence-electron chi connectivity index (χ4n) is 4.68. The number of aliphatic hydroxyl groups is 1. The minimum Gasteiger partial charge on any atom is -0.508 e. The largest absolute Gasteiger partial charge is 0.508 e. The lowest BCUT2D eigenvalue weighted by molar-refractivity contribution is -0.130. The van der Waals surface area contributed by atoms with Gasteiger partial charge in [0.05, 0.1) is 18.3 Å². The van der Waals surface area contributed by atoms with Crippen molar-refractivity contribution in [1.29, 1.82) is 0 Å². The van der Waals surface area contributed by atoms with E-state index in [2.05, 4.69) is 0 Å². The first-order valence-corrected chi connectivity index (χ1v) is 12.6. The molecule has 9 nitrogen and oxygen atoms in total. The maximum atomic E-state index is 12.7. The Bertz CT molecular complexity index is 988. The minimum atomic E-state index is -0.935. The molecule has 0 aromatic heterocycles. The van der Waals surface area contributed by atoms with Gasteiger partial charge in [-0.2, -0.15) is 0 Å². The highest BCUT2D eigenvalue weighted by molar-refractivity contribution is 5.89. The lowest BCUT2D eigenvalue weighted by Gasteiger charge is -2.30. The van der Waals surface area contributed by atoms with E-state index >= 15 is 0 Å². The summed E-state index contributed by atoms with van der Waals surface area (Å²) in [5, 5.41) is 21.5. The average molecular weight is 520 g/mol. The molecule has 0 aliphatic carbocycles. The molecule has 2 rings (SSSR count). The van der Waals surface area contributed by atoms with Crippen LogP contribution in [0.3, 0.4) is 0 Å². The number of hydrogen-bond donors (Lipinski definition) is 3. The number of aromatic hydroxyl groups is 1. The van der Waals surface area contributed by atoms with Crippen molar-refractivity contribution in [2.24, 2.45) is 17.6 Å². The molecule has 1 heterocycles. The number of allylic oxidation sites excluding steroid dienone is 1. The van der Waals surface area contributed by atoms with Crippen LogP contribution in [0.2, 0.25) is 0 Å². The van der Waals surface area contributed by atoms with Crippen LogP contribution in [0.5, 0.6) is 11.5 Å². The molecule has 6 atom stereocenters. The SMILES string of the molecule is COC1CC/C=C(\C)C(=O)Oc2ccc(O)c(c2)CC(C)CC(OC)C(O)C(C)/C=C(/C)C1OC(N)=O. The van der Waals surface area contributed by atoms with E-state index in [1.165, 1.54) is 13.2 Å². The molecule has 0 spiro atoms. The number of primary amides is 1. The van der Waals surface area contributed by atoms with Crippen LogP contribution in [0.4, 0.5) is 4.79 Å². The molecule has 37 heavy (non-hydrogen) atoms. The summed E-state index contributed by atoms with van der Waals surface area (Å²) in [6, 6.07) is 4.71. The Balaban J connectivity index is 2.47. The number of fused-ring (bicyclic) bond motifs is 2. The summed E-state index contributed by atoms with van der Waals surface area (Å²) in [5.41, 5.74) is 7.07. The van der Waals surface area contributed by atoms with Crippen LogP contribution in [0, 0.1) is 11.8 Å². The maximum absolute atomic E-state index is 12.7. The number of carbonyl (C=O) groups excluding carboxylic acids is 2. The Kier molecular flexibility index (Phi) is 11.6. The smallest absolute Gasteiger partial charge is 0.405 e. The molecule has 6 unspecified atom stereocenters. The van der Waals surface area contributed by atoms with Gasteiger partial charge in [0, 0.05) is 25.7 Å². The Hall–Kier alpha value is -2.88. The van der Waals surface area contributed by atoms with Gasteiger partial charge in [0.15, 0.2) is 6.10 Å². The van der Waals surface area contributed by atoms with E-state index in [-0.39, 0.29) is 17.6 Å². The maximum Gasteiger partial charge on any atom is 0.405 e. The number of aliphatic hydroxyl groups excluding tert-OH is 1. The van der Waals surface area contributed by atoms with Crippen molar-refractivity contribution in [3.63, 3.8) is 0 Å². The molecule has 206 valence electrons. The van der Waals surface area contributed by atoms with Gasteiger partial charge in [-0.1, -0.05) is 26.0 Å². The van der Waals surface area contributed by atoms with Gasteiger partial charge < -0.3 is 34.9 Å². The molecule has 1 aliphatic heterocycles. The van der Waals surface area contributed by atoms with Crippen molar-refractivity contribution < 1.29 is 38.7 Å². The number of methoxy groups -OCH3 is 2. The van der Waals surface area contributed by atoms with Crippen LogP contribution in [-0.4, -0.2) is 60.9 Å². The van der Waals surface area contributed by atoms with E-state index in [4.69, 9.17) is 24.7 Å². The van der Waals surface area contributed by atoms with Gasteiger partial charge in [0.1, 0.15) is 11.5 Å². The summed E-state index contributed by atoms with van der Waals surface area (Å²) in [4.78, 5) is 24.3. The third-order valence-corrected chi connectivity index (χ3v) is 6.77. The third kappa shape index (κ3) is 8.87. The Morgan fingerprint density at radius 2 is 1.81 bits per heavy atom. The molecule has 1 amide bonds. The van der Waals surface area contributed by atoms with Crippen molar-refractivity contribution in [3.05, 3.63) is 47.1 Å². The number of esters is 1. The Labute approximate surface area is 219 Å². The Morgan fingerprint density at radius 3 is 2.43 bits per heavy atom. The second kappa shape index (κ2) is 14.2. The van der Waals surface area contributed by atoms with Crippen LogP contribution < -0.4 is 10.5 Å². The fraction of sp³-hybridized carbons (Fsp3) is 0.571. The average Bonchev–Trinajstić information content (AvgIpc) is 2.84. The van der Waals surface area contributed by atoms with Gasteiger partial charge >= 0.3 is 12.1 Å². The quantitative estimate of drug-likeness (QED) is 0.309. The number of rotatable bonds is 3. The van der Waals surface area contributed by atoms with Crippen molar-refractivity contribution in [2.45, 2.75) is 77.8 Å². The molecule has 0 saturated carbocycles. The zero-order chi connectivity index (χ0) is 27.7. The predicted molar refractivity (Wildman–Crippen MR) is 139 cm³/mol. The van der Waals surface area contributed by atoms with Crippen molar-refractivity contribution in [2.75, 3.05) is 14.2 Å². The number of hydrogen-bond acceptors (Lipinski definition) is 8. The molecule has 1 aromatic carbocycles. The first kappa shape index (κ1) is 30.3. The number of carbonyl (C=O) groups is 2. The molecule has 9 heteroatoms. The van der Waals surface area contributed by atoms with E-state index < -0.39 is 36.5 Å². The van der Waals surface area contributed by atoms with Crippen LogP contribution in [0.25, 0.3) is 0 Å². The van der Waals surface area contributed by atoms with Gasteiger partial charge in [0.2, 0.25) is 0 Å². The molecule has 1 aromatic rings. The third-order valence-electron chi connectivity index (χ3n) is 6.77. The fourth-order valence-corrected chi connectivity index (χ4v) is 4.68. The van der Waals surface area contributed by atoms with E-state index in [0.717, 1.165) is 0 Å². The van der Waals surface area contributed by atoms with E-state index in [1.54, 1.807) is 39.2 Å². The minimum absolute atomic E-state index is 0.0289. The van der Waals surface area contributed by atoms with Crippen molar-refractivity contribution in [1.82, 2.24) is 0 Å². The highest BCUT2D eigenvalue weighted by Gasteiger charge is 2.30. The summed E-state index contributed by atoms with van der Waals surface area (Å²) in [7, 11) is 3.06. The van der Waals surface area contributed by atoms with E-state index in [0.29, 0.717) is 48.1 Å². The number of nitrogens with two attached hydrogens (primary N) is 1. The summed E-state index contributed by atoms with van der Waals surface area (Å²) in [5.74, 6) is -0.370. The standard InChI is InChI=1S/C28H41NO8/c1-16-12-20-15-21(10-11-22(20)30)36-27(32)17(2)8-7-9-23(34-5)26(37-28(29)33)19(4)14-18(3)25(31)24(13-16)35-6/h8,10-11,14-16,18,23-26,30-31H,7,9,12-13H2,1-6H3,(H2,29,33)/b17-8+,19-14-. The zero-order valence-electron chi connectivity index (χ0n) is 22.6. The Morgan fingerprint density at radius 1 is 1.14 bits per heavy atom. The van der Waals surface area contributed by atoms with Gasteiger partial charge in [0.25, 0.3) is 0 Å². The molecule has 1 aliphatic rings. The van der Waals surface area contributed by atoms with Gasteiger partial charge in [-0.25, -0.2) is 9.59 Å². The molecule has 0 radical (unpaired) electrons. The van der Waals surface area contributed by atoms with Gasteiger partial charge in [-0.3, -0.25) is 0 Å². The van der Waals surface area contributed by atoms with Gasteiger partial charge in [-0.15, -0.1) is 0 Å². The summed E-state index contributed by atoms with van der Waals surface area (Å²) < 4.78 is 22.2. The van der Waals surface area contributed by atoms with Crippen LogP contribution in [0.15, 0.2) is 41.5 Å². The first-order chi connectivity index (χ1) is 17.5. The second-order valence-corrected chi connectivity index (χ2v) is 9.86. The highest BCUT2D eigenvalue weighted by atomic mass is 16.6. The molecule has 2 bridgehead atoms. The van der Waals surface area contributed by atoms with Crippen LogP contribution >= 0.6 is 0 Å². The monoisotopic (exact) mass is 519 g/mol. The number of benzene rings is 1. The van der Waals surface area contributed by atoms with Gasteiger partial charge in [-0.05, 0) is 74.8 Å². The summed E-state index contributed by atoms with van der Waals surface area (Å²) in [6.45, 7) is 7.31. The summed E-state index contributed by atoms with van der Waals surface area (Å²) in [6.07, 6.45) is 1.90. The molecular weight excluding hydrogens is 478 g/mol. The van der Waals surface area contributed by atoms with Crippen LogP contribution in [-0.2, 0) is 25.4 Å². The predicted octanol–water partition coefficient (Wildman–Crippen LogP) is 4.04. The first-order valence-electron chi connectivity index (χ1n) is 12.6. The molecule has 4 N–H and O–H groups in total. The highest BCUT2D eigenvalue weighted by Crippen LogP contribution is 2.29. The lowest BCUT2D eigenvalue weighted by Crippen LogP contribution is -2.37. The van der Waals surface area contributed by atoms with Crippen LogP contribution in [0.1, 0.15) is 52.5 Å². The van der Waals surface area contributed by atoms with E-state index in [9.17, 15) is 19.8 Å². The second-order valence-electron chi connectivity index (χ2n) is 9.86. The number of phenols is 1. The number of amides is 1. The summed E-state index contributed by atoms with van der Waals surface area (Å²) >= 11 is 0. The van der Waals surface area contributed by atoms with E-state index in [1.807, 2.05) is 19.9 Å². The molecular formula is C28H41NO8. The molecule has 0 saturated heterocycles. The van der Waals surface area contributed by atoms with Crippen molar-refractivity contribution >= 4 is 12.1 Å².